The lowest BCUT2D eigenvalue weighted by Gasteiger charge is -2.34. The second kappa shape index (κ2) is 10.1. The Kier molecular flexibility index (Phi) is 7.69. The molecule has 1 aliphatic carbocycles. The summed E-state index contributed by atoms with van der Waals surface area (Å²) in [5.74, 6) is -1.33. The third kappa shape index (κ3) is 5.63. The molecule has 7 nitrogen and oxygen atoms in total. The number of nitrogens with zero attached hydrogens (tertiary/aromatic N) is 1. The van der Waals surface area contributed by atoms with Crippen molar-refractivity contribution in [1.82, 2.24) is 9.62 Å². The lowest BCUT2D eigenvalue weighted by atomic mass is 9.78. The number of benzene rings is 1. The van der Waals surface area contributed by atoms with Crippen LogP contribution in [0.5, 0.6) is 0 Å². The van der Waals surface area contributed by atoms with E-state index in [1.54, 1.807) is 0 Å². The maximum Gasteiger partial charge on any atom is 0.338 e. The number of halogens is 1. The number of ether oxygens (including phenoxy) is 1. The number of piperidine rings is 1. The monoisotopic (exact) mass is 454 g/mol. The number of rotatable bonds is 6. The number of hydrogen-bond donors (Lipinski definition) is 1. The Morgan fingerprint density at radius 3 is 2.55 bits per heavy atom. The highest BCUT2D eigenvalue weighted by molar-refractivity contribution is 7.89. The molecule has 31 heavy (non-hydrogen) atoms. The molecule has 1 saturated carbocycles. The van der Waals surface area contributed by atoms with Crippen LogP contribution in [0.25, 0.3) is 0 Å². The molecule has 0 unspecified atom stereocenters. The Bertz CT molecular complexity index is 914. The van der Waals surface area contributed by atoms with Gasteiger partial charge in [0.15, 0.2) is 6.61 Å². The minimum atomic E-state index is -4.04. The molecule has 0 bridgehead atoms. The van der Waals surface area contributed by atoms with Crippen molar-refractivity contribution < 1.29 is 27.1 Å². The van der Waals surface area contributed by atoms with Gasteiger partial charge >= 0.3 is 5.97 Å². The number of carbonyl (C=O) groups excluding carboxylic acids is 2. The molecule has 3 atom stereocenters. The van der Waals surface area contributed by atoms with Crippen LogP contribution >= 0.6 is 0 Å². The summed E-state index contributed by atoms with van der Waals surface area (Å²) in [6.07, 6.45) is 5.43. The van der Waals surface area contributed by atoms with Gasteiger partial charge in [0.2, 0.25) is 10.0 Å². The summed E-state index contributed by atoms with van der Waals surface area (Å²) in [4.78, 5) is 24.1. The SMILES string of the molecule is C[C@@H]1[C@H](C)CCC[C@H]1NC(=O)COC(=O)c1ccc(F)c(S(=O)(=O)N2CCCCC2)c1. The first-order chi connectivity index (χ1) is 14.7. The first-order valence-corrected chi connectivity index (χ1v) is 12.4. The third-order valence-corrected chi connectivity index (χ3v) is 8.40. The van der Waals surface area contributed by atoms with E-state index < -0.39 is 39.2 Å². The molecule has 1 saturated heterocycles. The fourth-order valence-corrected chi connectivity index (χ4v) is 5.93. The van der Waals surface area contributed by atoms with Gasteiger partial charge in [0.1, 0.15) is 10.7 Å². The summed E-state index contributed by atoms with van der Waals surface area (Å²) >= 11 is 0. The van der Waals surface area contributed by atoms with E-state index in [9.17, 15) is 22.4 Å². The lowest BCUT2D eigenvalue weighted by Crippen LogP contribution is -2.45. The molecule has 0 aromatic heterocycles. The van der Waals surface area contributed by atoms with E-state index in [-0.39, 0.29) is 11.6 Å². The average Bonchev–Trinajstić information content (AvgIpc) is 2.76. The van der Waals surface area contributed by atoms with E-state index in [1.807, 2.05) is 0 Å². The van der Waals surface area contributed by atoms with E-state index in [4.69, 9.17) is 4.74 Å². The standard InChI is InChI=1S/C22H31FN2O5S/c1-15-7-6-8-19(16(15)2)24-21(26)14-30-22(27)17-9-10-18(23)20(13-17)31(28,29)25-11-4-3-5-12-25/h9-10,13,15-16,19H,3-8,11-12,14H2,1-2H3,(H,24,26)/t15-,16-,19-/m1/s1. The normalized spacial score (nSPS) is 25.1. The molecule has 1 aliphatic heterocycles. The highest BCUT2D eigenvalue weighted by atomic mass is 32.2. The zero-order valence-corrected chi connectivity index (χ0v) is 18.9. The molecule has 1 aromatic carbocycles. The number of hydrogen-bond acceptors (Lipinski definition) is 5. The van der Waals surface area contributed by atoms with Crippen LogP contribution in [0.15, 0.2) is 23.1 Å². The van der Waals surface area contributed by atoms with Crippen molar-refractivity contribution in [3.8, 4) is 0 Å². The fourth-order valence-electron chi connectivity index (χ4n) is 4.32. The van der Waals surface area contributed by atoms with E-state index in [0.717, 1.165) is 56.7 Å². The van der Waals surface area contributed by atoms with Crippen molar-refractivity contribution in [1.29, 1.82) is 0 Å². The van der Waals surface area contributed by atoms with Gasteiger partial charge < -0.3 is 10.1 Å². The van der Waals surface area contributed by atoms with Crippen LogP contribution in [-0.2, 0) is 19.6 Å². The molecule has 0 radical (unpaired) electrons. The first-order valence-electron chi connectivity index (χ1n) is 11.0. The van der Waals surface area contributed by atoms with Crippen LogP contribution in [0.1, 0.15) is 62.7 Å². The van der Waals surface area contributed by atoms with Gasteiger partial charge in [-0.1, -0.05) is 33.1 Å². The number of amides is 1. The molecular formula is C22H31FN2O5S. The lowest BCUT2D eigenvalue weighted by molar-refractivity contribution is -0.125. The Hall–Kier alpha value is -2.00. The van der Waals surface area contributed by atoms with Gasteiger partial charge in [-0.3, -0.25) is 4.79 Å². The molecule has 2 aliphatic rings. The zero-order valence-electron chi connectivity index (χ0n) is 18.1. The zero-order chi connectivity index (χ0) is 22.6. The third-order valence-electron chi connectivity index (χ3n) is 6.49. The maximum atomic E-state index is 14.3. The number of sulfonamides is 1. The van der Waals surface area contributed by atoms with Gasteiger partial charge in [-0.25, -0.2) is 17.6 Å². The highest BCUT2D eigenvalue weighted by Gasteiger charge is 2.30. The summed E-state index contributed by atoms with van der Waals surface area (Å²) in [5.41, 5.74) is -0.107. The van der Waals surface area contributed by atoms with Crippen LogP contribution < -0.4 is 5.32 Å². The predicted octanol–water partition coefficient (Wildman–Crippen LogP) is 3.10. The van der Waals surface area contributed by atoms with Crippen LogP contribution in [0.3, 0.4) is 0 Å². The van der Waals surface area contributed by atoms with Gasteiger partial charge in [-0.05, 0) is 49.3 Å². The molecule has 1 aromatic rings. The van der Waals surface area contributed by atoms with Gasteiger partial charge in [-0.15, -0.1) is 0 Å². The average molecular weight is 455 g/mol. The van der Waals surface area contributed by atoms with Crippen molar-refractivity contribution in [2.75, 3.05) is 19.7 Å². The summed E-state index contributed by atoms with van der Waals surface area (Å²) < 4.78 is 46.2. The van der Waals surface area contributed by atoms with Gasteiger partial charge in [0.25, 0.3) is 5.91 Å². The highest BCUT2D eigenvalue weighted by Crippen LogP contribution is 2.29. The topological polar surface area (TPSA) is 92.8 Å². The largest absolute Gasteiger partial charge is 0.452 e. The van der Waals surface area contributed by atoms with E-state index >= 15 is 0 Å². The van der Waals surface area contributed by atoms with Gasteiger partial charge in [0, 0.05) is 19.1 Å². The number of esters is 1. The van der Waals surface area contributed by atoms with Crippen molar-refractivity contribution >= 4 is 21.9 Å². The Labute approximate surface area is 183 Å². The summed E-state index contributed by atoms with van der Waals surface area (Å²) in [6.45, 7) is 4.45. The number of nitrogens with one attached hydrogen (secondary N) is 1. The van der Waals surface area contributed by atoms with Crippen LogP contribution in [0.2, 0.25) is 0 Å². The van der Waals surface area contributed by atoms with Gasteiger partial charge in [0.05, 0.1) is 5.56 Å². The first kappa shape index (κ1) is 23.7. The predicted molar refractivity (Wildman–Crippen MR) is 113 cm³/mol. The van der Waals surface area contributed by atoms with E-state index in [2.05, 4.69) is 19.2 Å². The molecule has 172 valence electrons. The minimum absolute atomic E-state index is 0.0436. The summed E-state index contributed by atoms with van der Waals surface area (Å²) in [7, 11) is -4.04. The second-order valence-corrected chi connectivity index (χ2v) is 10.5. The smallest absolute Gasteiger partial charge is 0.338 e. The fraction of sp³-hybridized carbons (Fsp3) is 0.636. The van der Waals surface area contributed by atoms with Crippen molar-refractivity contribution in [2.45, 2.75) is 63.3 Å². The molecule has 1 amide bonds. The Morgan fingerprint density at radius 2 is 1.84 bits per heavy atom. The molecule has 1 heterocycles. The van der Waals surface area contributed by atoms with E-state index in [0.29, 0.717) is 24.9 Å². The Morgan fingerprint density at radius 1 is 1.13 bits per heavy atom. The Balaban J connectivity index is 1.63. The maximum absolute atomic E-state index is 14.3. The van der Waals surface area contributed by atoms with Crippen LogP contribution in [-0.4, -0.2) is 50.3 Å². The molecular weight excluding hydrogens is 423 g/mol. The molecule has 3 rings (SSSR count). The summed E-state index contributed by atoms with van der Waals surface area (Å²) in [6, 6.07) is 3.14. The number of carbonyl (C=O) groups is 2. The van der Waals surface area contributed by atoms with Gasteiger partial charge in [-0.2, -0.15) is 4.31 Å². The quantitative estimate of drug-likeness (QED) is 0.667. The minimum Gasteiger partial charge on any atom is -0.452 e. The van der Waals surface area contributed by atoms with Crippen molar-refractivity contribution in [2.24, 2.45) is 11.8 Å². The molecule has 0 spiro atoms. The van der Waals surface area contributed by atoms with E-state index in [1.165, 1.54) is 4.31 Å². The summed E-state index contributed by atoms with van der Waals surface area (Å²) in [5, 5.41) is 2.91. The van der Waals surface area contributed by atoms with Crippen LogP contribution in [0.4, 0.5) is 4.39 Å². The van der Waals surface area contributed by atoms with Crippen molar-refractivity contribution in [3.63, 3.8) is 0 Å². The second-order valence-electron chi connectivity index (χ2n) is 8.63. The van der Waals surface area contributed by atoms with Crippen molar-refractivity contribution in [3.05, 3.63) is 29.6 Å². The molecule has 1 N–H and O–H groups in total. The van der Waals surface area contributed by atoms with Crippen LogP contribution in [0, 0.1) is 17.7 Å². The molecule has 9 heteroatoms. The molecule has 2 fully saturated rings.